The Morgan fingerprint density at radius 3 is 2.30 bits per heavy atom. The number of rotatable bonds is 6. The molecular formula is C15H13ClN4O6S. The predicted octanol–water partition coefficient (Wildman–Crippen LogP) is 1.83. The van der Waals surface area contributed by atoms with Crippen molar-refractivity contribution in [2.24, 2.45) is 0 Å². The summed E-state index contributed by atoms with van der Waals surface area (Å²) < 4.78 is 24.4. The Kier molecular flexibility index (Phi) is 6.10. The quantitative estimate of drug-likeness (QED) is 0.487. The van der Waals surface area contributed by atoms with E-state index in [-0.39, 0.29) is 21.4 Å². The highest BCUT2D eigenvalue weighted by atomic mass is 35.5. The lowest BCUT2D eigenvalue weighted by Gasteiger charge is -2.09. The molecule has 0 bridgehead atoms. The fourth-order valence-corrected chi connectivity index (χ4v) is 2.98. The molecule has 12 heteroatoms. The number of hydrogen-bond donors (Lipinski definition) is 3. The summed E-state index contributed by atoms with van der Waals surface area (Å²) in [4.78, 5) is 34.8. The second kappa shape index (κ2) is 8.12. The average molecular weight is 413 g/mol. The first-order chi connectivity index (χ1) is 12.6. The first-order valence-electron chi connectivity index (χ1n) is 7.24. The number of carbonyl (C=O) groups is 2. The van der Waals surface area contributed by atoms with Crippen LogP contribution in [0.3, 0.4) is 0 Å². The van der Waals surface area contributed by atoms with Crippen molar-refractivity contribution in [3.05, 3.63) is 63.2 Å². The van der Waals surface area contributed by atoms with Crippen LogP contribution in [-0.2, 0) is 14.8 Å². The van der Waals surface area contributed by atoms with Gasteiger partial charge >= 0.3 is 0 Å². The van der Waals surface area contributed by atoms with Gasteiger partial charge in [-0.05, 0) is 36.4 Å². The highest BCUT2D eigenvalue weighted by molar-refractivity contribution is 7.89. The summed E-state index contributed by atoms with van der Waals surface area (Å²) in [6.07, 6.45) is 0. The maximum Gasteiger partial charge on any atom is 0.288 e. The Morgan fingerprint density at radius 1 is 1.11 bits per heavy atom. The lowest BCUT2D eigenvalue weighted by molar-refractivity contribution is -0.384. The predicted molar refractivity (Wildman–Crippen MR) is 96.6 cm³/mol. The fraction of sp³-hybridized carbons (Fsp3) is 0.0667. The number of anilines is 1. The van der Waals surface area contributed by atoms with Crippen LogP contribution in [0, 0.1) is 10.1 Å². The topological polar surface area (TPSA) is 148 Å². The SMILES string of the molecule is CC(=O)Nc1ccc(S(=O)(=O)NNC(=O)c2ccc(Cl)c([N+](=O)[O-])c2)cc1. The molecule has 0 spiro atoms. The van der Waals surface area contributed by atoms with Crippen LogP contribution < -0.4 is 15.6 Å². The number of sulfonamides is 1. The van der Waals surface area contributed by atoms with Crippen molar-refractivity contribution in [1.82, 2.24) is 10.3 Å². The Morgan fingerprint density at radius 2 is 1.74 bits per heavy atom. The molecule has 0 atom stereocenters. The van der Waals surface area contributed by atoms with Crippen molar-refractivity contribution in [2.75, 3.05) is 5.32 Å². The number of carbonyl (C=O) groups excluding carboxylic acids is 2. The van der Waals surface area contributed by atoms with Crippen molar-refractivity contribution >= 4 is 44.8 Å². The van der Waals surface area contributed by atoms with Crippen LogP contribution in [0.25, 0.3) is 0 Å². The number of hydrogen-bond acceptors (Lipinski definition) is 6. The molecule has 0 aliphatic carbocycles. The summed E-state index contributed by atoms with van der Waals surface area (Å²) in [6, 6.07) is 8.50. The van der Waals surface area contributed by atoms with E-state index in [1.807, 2.05) is 10.3 Å². The fourth-order valence-electron chi connectivity index (χ4n) is 1.96. The summed E-state index contributed by atoms with van der Waals surface area (Å²) in [6.45, 7) is 1.31. The largest absolute Gasteiger partial charge is 0.326 e. The van der Waals surface area contributed by atoms with Gasteiger partial charge < -0.3 is 5.32 Å². The van der Waals surface area contributed by atoms with Crippen LogP contribution in [0.5, 0.6) is 0 Å². The van der Waals surface area contributed by atoms with E-state index in [0.717, 1.165) is 12.1 Å². The molecular weight excluding hydrogens is 400 g/mol. The van der Waals surface area contributed by atoms with Crippen molar-refractivity contribution in [3.8, 4) is 0 Å². The van der Waals surface area contributed by atoms with Crippen LogP contribution >= 0.6 is 11.6 Å². The number of amides is 2. The molecule has 2 aromatic carbocycles. The second-order valence-corrected chi connectivity index (χ2v) is 7.28. The van der Waals surface area contributed by atoms with Gasteiger partial charge in [0, 0.05) is 24.2 Å². The lowest BCUT2D eigenvalue weighted by Crippen LogP contribution is -2.41. The maximum absolute atomic E-state index is 12.2. The average Bonchev–Trinajstić information content (AvgIpc) is 2.60. The van der Waals surface area contributed by atoms with Crippen LogP contribution in [0.4, 0.5) is 11.4 Å². The molecule has 0 saturated heterocycles. The van der Waals surface area contributed by atoms with Gasteiger partial charge in [-0.15, -0.1) is 4.83 Å². The van der Waals surface area contributed by atoms with E-state index in [9.17, 15) is 28.1 Å². The first-order valence-corrected chi connectivity index (χ1v) is 9.10. The molecule has 0 heterocycles. The molecule has 0 radical (unpaired) electrons. The monoisotopic (exact) mass is 412 g/mol. The third-order valence-corrected chi connectivity index (χ3v) is 4.77. The molecule has 3 N–H and O–H groups in total. The normalized spacial score (nSPS) is 10.9. The number of hydrazine groups is 1. The molecule has 0 aliphatic heterocycles. The summed E-state index contributed by atoms with van der Waals surface area (Å²) >= 11 is 5.66. The molecule has 0 fully saturated rings. The van der Waals surface area contributed by atoms with Gasteiger partial charge in [0.05, 0.1) is 9.82 Å². The third-order valence-electron chi connectivity index (χ3n) is 3.19. The number of nitro groups is 1. The van der Waals surface area contributed by atoms with Crippen LogP contribution in [0.15, 0.2) is 47.4 Å². The van der Waals surface area contributed by atoms with Crippen molar-refractivity contribution in [2.45, 2.75) is 11.8 Å². The molecule has 142 valence electrons. The smallest absolute Gasteiger partial charge is 0.288 e. The number of nitro benzene ring substituents is 1. The van der Waals surface area contributed by atoms with Crippen LogP contribution in [-0.4, -0.2) is 25.2 Å². The molecule has 0 saturated carbocycles. The van der Waals surface area contributed by atoms with Gasteiger partial charge in [0.25, 0.3) is 21.6 Å². The summed E-state index contributed by atoms with van der Waals surface area (Å²) in [5.74, 6) is -1.22. The van der Waals surface area contributed by atoms with E-state index in [4.69, 9.17) is 11.6 Å². The van der Waals surface area contributed by atoms with Crippen molar-refractivity contribution < 1.29 is 22.9 Å². The number of nitrogens with one attached hydrogen (secondary N) is 3. The Labute approximate surface area is 158 Å². The first kappa shape index (κ1) is 20.3. The zero-order chi connectivity index (χ0) is 20.2. The molecule has 2 aromatic rings. The zero-order valence-electron chi connectivity index (χ0n) is 13.7. The molecule has 0 unspecified atom stereocenters. The highest BCUT2D eigenvalue weighted by Gasteiger charge is 2.19. The molecule has 27 heavy (non-hydrogen) atoms. The Hall–Kier alpha value is -3.02. The van der Waals surface area contributed by atoms with Gasteiger partial charge in [-0.3, -0.25) is 25.1 Å². The summed E-state index contributed by atoms with van der Waals surface area (Å²) in [7, 11) is -4.10. The molecule has 10 nitrogen and oxygen atoms in total. The highest BCUT2D eigenvalue weighted by Crippen LogP contribution is 2.25. The summed E-state index contributed by atoms with van der Waals surface area (Å²) in [5, 5.41) is 13.2. The van der Waals surface area contributed by atoms with Crippen molar-refractivity contribution in [1.29, 1.82) is 0 Å². The van der Waals surface area contributed by atoms with Crippen molar-refractivity contribution in [3.63, 3.8) is 0 Å². The van der Waals surface area contributed by atoms with Gasteiger partial charge in [-0.1, -0.05) is 11.6 Å². The van der Waals surface area contributed by atoms with E-state index >= 15 is 0 Å². The van der Waals surface area contributed by atoms with Crippen LogP contribution in [0.2, 0.25) is 5.02 Å². The van der Waals surface area contributed by atoms with Gasteiger partial charge in [0.2, 0.25) is 5.91 Å². The van der Waals surface area contributed by atoms with Gasteiger partial charge in [0.1, 0.15) is 5.02 Å². The summed E-state index contributed by atoms with van der Waals surface area (Å²) in [5.41, 5.74) is 1.72. The number of halogens is 1. The number of benzene rings is 2. The van der Waals surface area contributed by atoms with E-state index in [2.05, 4.69) is 5.32 Å². The molecule has 2 amide bonds. The molecule has 0 aromatic heterocycles. The second-order valence-electron chi connectivity index (χ2n) is 5.19. The van der Waals surface area contributed by atoms with E-state index < -0.39 is 26.5 Å². The minimum atomic E-state index is -4.10. The van der Waals surface area contributed by atoms with E-state index in [0.29, 0.717) is 5.69 Å². The van der Waals surface area contributed by atoms with E-state index in [1.165, 1.54) is 37.3 Å². The zero-order valence-corrected chi connectivity index (χ0v) is 15.3. The Bertz CT molecular complexity index is 1010. The van der Waals surface area contributed by atoms with Crippen LogP contribution in [0.1, 0.15) is 17.3 Å². The lowest BCUT2D eigenvalue weighted by atomic mass is 10.2. The van der Waals surface area contributed by atoms with E-state index in [1.54, 1.807) is 0 Å². The minimum Gasteiger partial charge on any atom is -0.326 e. The molecule has 2 rings (SSSR count). The third kappa shape index (κ3) is 5.23. The maximum atomic E-state index is 12.2. The molecule has 0 aliphatic rings. The minimum absolute atomic E-state index is 0.156. The Balaban J connectivity index is 2.10. The standard InChI is InChI=1S/C15H13ClN4O6S/c1-9(21)17-11-3-5-12(6-4-11)27(25,26)19-18-15(22)10-2-7-13(16)14(8-10)20(23)24/h2-8,19H,1H3,(H,17,21)(H,18,22). The van der Waals surface area contributed by atoms with Gasteiger partial charge in [0.15, 0.2) is 0 Å². The van der Waals surface area contributed by atoms with Gasteiger partial charge in [-0.2, -0.15) is 0 Å². The van der Waals surface area contributed by atoms with Gasteiger partial charge in [-0.25, -0.2) is 8.42 Å². The number of nitrogens with zero attached hydrogens (tertiary/aromatic N) is 1.